The molecule has 2 heterocycles. The molecule has 1 aliphatic heterocycles. The first kappa shape index (κ1) is 18.3. The zero-order valence-corrected chi connectivity index (χ0v) is 16.6. The Morgan fingerprint density at radius 2 is 1.50 bits per heavy atom. The smallest absolute Gasteiger partial charge is 0.273 e. The van der Waals surface area contributed by atoms with Crippen LogP contribution in [0, 0.1) is 5.82 Å². The van der Waals surface area contributed by atoms with E-state index < -0.39 is 0 Å². The van der Waals surface area contributed by atoms with Crippen LogP contribution < -0.4 is 20.3 Å². The van der Waals surface area contributed by atoms with E-state index in [4.69, 9.17) is 0 Å². The average Bonchev–Trinajstić information content (AvgIpc) is 3.11. The van der Waals surface area contributed by atoms with E-state index in [2.05, 4.69) is 10.5 Å². The van der Waals surface area contributed by atoms with Gasteiger partial charge in [0.1, 0.15) is 5.82 Å². The zero-order valence-electron chi connectivity index (χ0n) is 15.7. The number of benzene rings is 3. The van der Waals surface area contributed by atoms with Crippen LogP contribution in [-0.4, -0.2) is 4.57 Å². The van der Waals surface area contributed by atoms with Crippen molar-refractivity contribution in [1.82, 2.24) is 9.99 Å². The van der Waals surface area contributed by atoms with E-state index in [1.54, 1.807) is 22.8 Å². The second-order valence-corrected chi connectivity index (χ2v) is 7.77. The van der Waals surface area contributed by atoms with E-state index in [1.165, 1.54) is 23.5 Å². The monoisotopic (exact) mass is 413 g/mol. The van der Waals surface area contributed by atoms with Crippen LogP contribution in [0.1, 0.15) is 16.7 Å². The number of halogens is 1. The Labute approximate surface area is 175 Å². The molecular weight excluding hydrogens is 397 g/mol. The van der Waals surface area contributed by atoms with E-state index in [0.29, 0.717) is 9.33 Å². The molecule has 0 amide bonds. The van der Waals surface area contributed by atoms with Crippen molar-refractivity contribution in [1.29, 1.82) is 0 Å². The second kappa shape index (κ2) is 7.57. The lowest BCUT2D eigenvalue weighted by molar-refractivity contribution is 0.628. The lowest BCUT2D eigenvalue weighted by Gasteiger charge is -2.19. The van der Waals surface area contributed by atoms with Gasteiger partial charge in [0, 0.05) is 11.1 Å². The summed E-state index contributed by atoms with van der Waals surface area (Å²) in [4.78, 5) is 14.0. The second-order valence-electron chi connectivity index (χ2n) is 6.76. The van der Waals surface area contributed by atoms with Crippen molar-refractivity contribution < 1.29 is 4.39 Å². The molecule has 1 N–H and O–H groups in total. The quantitative estimate of drug-likeness (QED) is 0.560. The fraction of sp³-hybridized carbons (Fsp3) is 0. The first-order chi connectivity index (χ1) is 14.7. The fourth-order valence-corrected chi connectivity index (χ4v) is 4.33. The van der Waals surface area contributed by atoms with Gasteiger partial charge in [0.2, 0.25) is 4.80 Å². The van der Waals surface area contributed by atoms with E-state index >= 15 is 0 Å². The predicted octanol–water partition coefficient (Wildman–Crippen LogP) is 3.39. The molecule has 0 radical (unpaired) electrons. The SMILES string of the molecule is O=c1/c(=C/c2ccc(F)cc2)sc2n1C(c1ccccc1)=C(c1ccccc1)NN=2. The van der Waals surface area contributed by atoms with Gasteiger partial charge in [0.25, 0.3) is 5.56 Å². The molecule has 5 rings (SSSR count). The van der Waals surface area contributed by atoms with Gasteiger partial charge in [-0.2, -0.15) is 0 Å². The normalized spacial score (nSPS) is 13.6. The topological polar surface area (TPSA) is 46.4 Å². The van der Waals surface area contributed by atoms with Crippen molar-refractivity contribution in [3.05, 3.63) is 127 Å². The highest BCUT2D eigenvalue weighted by atomic mass is 32.1. The van der Waals surface area contributed by atoms with E-state index in [-0.39, 0.29) is 11.4 Å². The summed E-state index contributed by atoms with van der Waals surface area (Å²) in [7, 11) is 0. The Balaban J connectivity index is 1.77. The lowest BCUT2D eigenvalue weighted by atomic mass is 10.0. The molecule has 146 valence electrons. The number of nitrogens with one attached hydrogen (secondary N) is 1. The van der Waals surface area contributed by atoms with Crippen molar-refractivity contribution in [2.24, 2.45) is 5.10 Å². The fourth-order valence-electron chi connectivity index (χ4n) is 3.40. The van der Waals surface area contributed by atoms with Crippen LogP contribution in [0.2, 0.25) is 0 Å². The summed E-state index contributed by atoms with van der Waals surface area (Å²) in [6.45, 7) is 0. The molecule has 1 aliphatic rings. The summed E-state index contributed by atoms with van der Waals surface area (Å²) >= 11 is 1.29. The van der Waals surface area contributed by atoms with Crippen LogP contribution in [0.4, 0.5) is 4.39 Å². The zero-order chi connectivity index (χ0) is 20.5. The molecule has 0 spiro atoms. The number of hydrogen-bond acceptors (Lipinski definition) is 4. The number of rotatable bonds is 3. The molecule has 4 aromatic rings. The summed E-state index contributed by atoms with van der Waals surface area (Å²) < 4.78 is 15.4. The standard InChI is InChI=1S/C24H16FN3OS/c25-19-13-11-16(12-14-19)15-20-23(29)28-22(18-9-5-2-6-10-18)21(26-27-24(28)30-20)17-7-3-1-4-8-17/h1-15,26H/b20-15-. The number of hydrogen-bond donors (Lipinski definition) is 1. The molecule has 4 nitrogen and oxygen atoms in total. The molecule has 0 atom stereocenters. The van der Waals surface area contributed by atoms with Crippen LogP contribution in [0.25, 0.3) is 17.5 Å². The molecular formula is C24H16FN3OS. The highest BCUT2D eigenvalue weighted by Gasteiger charge is 2.21. The molecule has 0 unspecified atom stereocenters. The van der Waals surface area contributed by atoms with Gasteiger partial charge in [-0.25, -0.2) is 8.96 Å². The Hall–Kier alpha value is -3.77. The van der Waals surface area contributed by atoms with Crippen molar-refractivity contribution in [2.75, 3.05) is 0 Å². The molecule has 0 saturated carbocycles. The minimum atomic E-state index is -0.310. The summed E-state index contributed by atoms with van der Waals surface area (Å²) in [6.07, 6.45) is 1.76. The Morgan fingerprint density at radius 3 is 2.17 bits per heavy atom. The van der Waals surface area contributed by atoms with Crippen LogP contribution in [0.5, 0.6) is 0 Å². The minimum absolute atomic E-state index is 0.156. The lowest BCUT2D eigenvalue weighted by Crippen LogP contribution is -2.36. The van der Waals surface area contributed by atoms with E-state index in [0.717, 1.165) is 28.1 Å². The van der Waals surface area contributed by atoms with Crippen molar-refractivity contribution in [3.63, 3.8) is 0 Å². The maximum absolute atomic E-state index is 13.4. The molecule has 0 fully saturated rings. The van der Waals surface area contributed by atoms with Gasteiger partial charge in [-0.05, 0) is 23.8 Å². The molecule has 1 aromatic heterocycles. The van der Waals surface area contributed by atoms with Gasteiger partial charge < -0.3 is 0 Å². The molecule has 30 heavy (non-hydrogen) atoms. The van der Waals surface area contributed by atoms with Gasteiger partial charge >= 0.3 is 0 Å². The van der Waals surface area contributed by atoms with Crippen LogP contribution in [0.3, 0.4) is 0 Å². The number of aromatic nitrogens is 1. The van der Waals surface area contributed by atoms with E-state index in [1.807, 2.05) is 60.7 Å². The van der Waals surface area contributed by atoms with Crippen molar-refractivity contribution in [3.8, 4) is 0 Å². The summed E-state index contributed by atoms with van der Waals surface area (Å²) in [6, 6.07) is 25.7. The third-order valence-corrected chi connectivity index (χ3v) is 5.78. The summed E-state index contributed by atoms with van der Waals surface area (Å²) in [5.74, 6) is -0.310. The predicted molar refractivity (Wildman–Crippen MR) is 118 cm³/mol. The molecule has 0 saturated heterocycles. The van der Waals surface area contributed by atoms with Gasteiger partial charge in [-0.3, -0.25) is 10.2 Å². The van der Waals surface area contributed by atoms with Gasteiger partial charge in [-0.1, -0.05) is 84.1 Å². The third-order valence-electron chi connectivity index (χ3n) is 4.81. The molecule has 0 bridgehead atoms. The maximum Gasteiger partial charge on any atom is 0.275 e. The first-order valence-corrected chi connectivity index (χ1v) is 10.2. The van der Waals surface area contributed by atoms with Crippen LogP contribution >= 0.6 is 11.3 Å². The third kappa shape index (κ3) is 3.27. The average molecular weight is 413 g/mol. The molecule has 0 aliphatic carbocycles. The highest BCUT2D eigenvalue weighted by molar-refractivity contribution is 7.07. The maximum atomic E-state index is 13.4. The highest BCUT2D eigenvalue weighted by Crippen LogP contribution is 2.25. The Morgan fingerprint density at radius 1 is 0.867 bits per heavy atom. The van der Waals surface area contributed by atoms with Crippen molar-refractivity contribution in [2.45, 2.75) is 0 Å². The van der Waals surface area contributed by atoms with Gasteiger partial charge in [0.15, 0.2) is 0 Å². The largest absolute Gasteiger partial charge is 0.275 e. The minimum Gasteiger partial charge on any atom is -0.273 e. The number of fused-ring (bicyclic) bond motifs is 1. The Bertz CT molecular complexity index is 1420. The Kier molecular flexibility index (Phi) is 4.61. The first-order valence-electron chi connectivity index (χ1n) is 9.39. The number of thiazole rings is 1. The molecule has 6 heteroatoms. The molecule has 3 aromatic carbocycles. The van der Waals surface area contributed by atoms with E-state index in [9.17, 15) is 9.18 Å². The summed E-state index contributed by atoms with van der Waals surface area (Å²) in [5, 5.41) is 4.46. The van der Waals surface area contributed by atoms with Gasteiger partial charge in [0.05, 0.1) is 15.9 Å². The van der Waals surface area contributed by atoms with Crippen LogP contribution in [-0.2, 0) is 0 Å². The summed E-state index contributed by atoms with van der Waals surface area (Å²) in [5.41, 5.74) is 7.12. The number of nitrogens with zero attached hydrogens (tertiary/aromatic N) is 2. The van der Waals surface area contributed by atoms with Crippen molar-refractivity contribution >= 4 is 28.8 Å². The van der Waals surface area contributed by atoms with Gasteiger partial charge in [-0.15, -0.1) is 5.10 Å². The van der Waals surface area contributed by atoms with Crippen LogP contribution in [0.15, 0.2) is 94.8 Å².